The van der Waals surface area contributed by atoms with Gasteiger partial charge >= 0.3 is 0 Å². The number of furan rings is 1. The molecule has 0 unspecified atom stereocenters. The van der Waals surface area contributed by atoms with Crippen LogP contribution in [0.5, 0.6) is 0 Å². The first kappa shape index (κ1) is 17.7. The fourth-order valence-electron chi connectivity index (χ4n) is 1.98. The Kier molecular flexibility index (Phi) is 5.37. The van der Waals surface area contributed by atoms with Crippen molar-refractivity contribution in [2.45, 2.75) is 17.9 Å². The molecule has 0 saturated heterocycles. The Labute approximate surface area is 139 Å². The van der Waals surface area contributed by atoms with Gasteiger partial charge in [-0.1, -0.05) is 12.1 Å². The molecular formula is C15H17N3O5S. The van der Waals surface area contributed by atoms with Gasteiger partial charge in [0.25, 0.3) is 5.91 Å². The number of rotatable bonds is 6. The first-order chi connectivity index (χ1) is 11.3. The van der Waals surface area contributed by atoms with E-state index in [0.29, 0.717) is 5.56 Å². The molecule has 0 spiro atoms. The highest BCUT2D eigenvalue weighted by Crippen LogP contribution is 2.15. The van der Waals surface area contributed by atoms with Crippen molar-refractivity contribution in [1.29, 1.82) is 0 Å². The summed E-state index contributed by atoms with van der Waals surface area (Å²) in [5, 5.41) is 10.1. The van der Waals surface area contributed by atoms with Crippen LogP contribution in [0.15, 0.2) is 52.0 Å². The minimum atomic E-state index is -3.75. The molecular weight excluding hydrogens is 334 g/mol. The van der Waals surface area contributed by atoms with Crippen molar-refractivity contribution in [3.05, 3.63) is 54.0 Å². The lowest BCUT2D eigenvalue weighted by atomic mass is 10.1. The summed E-state index contributed by atoms with van der Waals surface area (Å²) in [7, 11) is -3.75. The van der Waals surface area contributed by atoms with Crippen LogP contribution in [0.1, 0.15) is 29.1 Å². The molecule has 1 aromatic heterocycles. The summed E-state index contributed by atoms with van der Waals surface area (Å²) in [6.07, 6.45) is 1.36. The zero-order valence-electron chi connectivity index (χ0n) is 12.9. The lowest BCUT2D eigenvalue weighted by Gasteiger charge is -2.15. The van der Waals surface area contributed by atoms with Gasteiger partial charge in [-0.2, -0.15) is 0 Å². The molecule has 0 aliphatic carbocycles. The molecule has 0 aliphatic heterocycles. The highest BCUT2D eigenvalue weighted by Gasteiger charge is 2.14. The van der Waals surface area contributed by atoms with E-state index >= 15 is 0 Å². The molecule has 0 bridgehead atoms. The molecule has 1 aromatic carbocycles. The maximum absolute atomic E-state index is 11.9. The minimum Gasteiger partial charge on any atom is -0.459 e. The molecule has 8 nitrogen and oxygen atoms in total. The summed E-state index contributed by atoms with van der Waals surface area (Å²) in [5.41, 5.74) is 0.702. The molecule has 2 aromatic rings. The number of primary sulfonamides is 1. The number of benzene rings is 1. The van der Waals surface area contributed by atoms with E-state index in [1.54, 1.807) is 25.1 Å². The average molecular weight is 351 g/mol. The van der Waals surface area contributed by atoms with Gasteiger partial charge < -0.3 is 15.1 Å². The summed E-state index contributed by atoms with van der Waals surface area (Å²) in [5.74, 6) is -0.757. The normalized spacial score (nSPS) is 12.4. The van der Waals surface area contributed by atoms with Crippen LogP contribution in [0.25, 0.3) is 0 Å². The fraction of sp³-hybridized carbons (Fsp3) is 0.200. The number of nitrogens with two attached hydrogens (primary N) is 1. The number of carbonyl (C=O) groups excluding carboxylic acids is 2. The van der Waals surface area contributed by atoms with Crippen LogP contribution in [-0.2, 0) is 14.8 Å². The Morgan fingerprint density at radius 2 is 1.88 bits per heavy atom. The van der Waals surface area contributed by atoms with Crippen LogP contribution in [0, 0.1) is 0 Å². The minimum absolute atomic E-state index is 0.00418. The van der Waals surface area contributed by atoms with E-state index < -0.39 is 21.8 Å². The molecule has 1 heterocycles. The Bertz CT molecular complexity index is 813. The Morgan fingerprint density at radius 1 is 1.21 bits per heavy atom. The molecule has 1 atom stereocenters. The third-order valence-corrected chi connectivity index (χ3v) is 4.17. The van der Waals surface area contributed by atoms with E-state index in [1.165, 1.54) is 24.5 Å². The van der Waals surface area contributed by atoms with Crippen LogP contribution in [-0.4, -0.2) is 26.8 Å². The van der Waals surface area contributed by atoms with Crippen molar-refractivity contribution in [1.82, 2.24) is 10.6 Å². The molecule has 4 N–H and O–H groups in total. The quantitative estimate of drug-likeness (QED) is 0.699. The number of amides is 2. The third kappa shape index (κ3) is 4.67. The van der Waals surface area contributed by atoms with Gasteiger partial charge in [0.2, 0.25) is 15.9 Å². The third-order valence-electron chi connectivity index (χ3n) is 3.24. The second-order valence-electron chi connectivity index (χ2n) is 5.06. The molecule has 0 aliphatic rings. The van der Waals surface area contributed by atoms with Gasteiger partial charge in [0, 0.05) is 0 Å². The molecule has 2 rings (SSSR count). The number of nitrogens with one attached hydrogen (secondary N) is 2. The van der Waals surface area contributed by atoms with Crippen molar-refractivity contribution in [3.8, 4) is 0 Å². The second-order valence-corrected chi connectivity index (χ2v) is 6.62. The Hall–Kier alpha value is -2.65. The van der Waals surface area contributed by atoms with E-state index in [-0.39, 0.29) is 23.2 Å². The first-order valence-corrected chi connectivity index (χ1v) is 8.56. The molecule has 9 heteroatoms. The Morgan fingerprint density at radius 3 is 2.42 bits per heavy atom. The average Bonchev–Trinajstić information content (AvgIpc) is 3.06. The van der Waals surface area contributed by atoms with Crippen LogP contribution in [0.2, 0.25) is 0 Å². The Balaban J connectivity index is 1.88. The van der Waals surface area contributed by atoms with E-state index in [0.717, 1.165) is 0 Å². The summed E-state index contributed by atoms with van der Waals surface area (Å²) in [4.78, 5) is 23.5. The molecule has 2 amide bonds. The SMILES string of the molecule is C[C@@H](NC(=O)CNC(=O)c1ccco1)c1ccc(S(N)(=O)=O)cc1. The lowest BCUT2D eigenvalue weighted by molar-refractivity contribution is -0.120. The molecule has 0 saturated carbocycles. The van der Waals surface area contributed by atoms with E-state index in [9.17, 15) is 18.0 Å². The smallest absolute Gasteiger partial charge is 0.287 e. The monoisotopic (exact) mass is 351 g/mol. The largest absolute Gasteiger partial charge is 0.459 e. The standard InChI is InChI=1S/C15H17N3O5S/c1-10(11-4-6-12(7-5-11)24(16,21)22)18-14(19)9-17-15(20)13-3-2-8-23-13/h2-8,10H,9H2,1H3,(H,17,20)(H,18,19)(H2,16,21,22)/t10-/m1/s1. The van der Waals surface area contributed by atoms with Crippen molar-refractivity contribution in [2.24, 2.45) is 5.14 Å². The summed E-state index contributed by atoms with van der Waals surface area (Å²) in [6.45, 7) is 1.53. The fourth-order valence-corrected chi connectivity index (χ4v) is 2.49. The van der Waals surface area contributed by atoms with Gasteiger partial charge in [-0.05, 0) is 36.8 Å². The molecule has 128 valence electrons. The zero-order chi connectivity index (χ0) is 17.7. The van der Waals surface area contributed by atoms with E-state index in [1.807, 2.05) is 0 Å². The zero-order valence-corrected chi connectivity index (χ0v) is 13.7. The van der Waals surface area contributed by atoms with Gasteiger partial charge in [-0.3, -0.25) is 9.59 Å². The number of carbonyl (C=O) groups is 2. The number of hydrogen-bond acceptors (Lipinski definition) is 5. The topological polar surface area (TPSA) is 132 Å². The van der Waals surface area contributed by atoms with Crippen LogP contribution >= 0.6 is 0 Å². The number of sulfonamides is 1. The van der Waals surface area contributed by atoms with Gasteiger partial charge in [0.05, 0.1) is 23.7 Å². The highest BCUT2D eigenvalue weighted by molar-refractivity contribution is 7.89. The van der Waals surface area contributed by atoms with Crippen molar-refractivity contribution in [3.63, 3.8) is 0 Å². The molecule has 24 heavy (non-hydrogen) atoms. The predicted octanol–water partition coefficient (Wildman–Crippen LogP) is 0.534. The second kappa shape index (κ2) is 7.28. The highest BCUT2D eigenvalue weighted by atomic mass is 32.2. The number of hydrogen-bond donors (Lipinski definition) is 3. The predicted molar refractivity (Wildman–Crippen MR) is 85.4 cm³/mol. The molecule has 0 fully saturated rings. The van der Waals surface area contributed by atoms with Gasteiger partial charge in [0.1, 0.15) is 0 Å². The van der Waals surface area contributed by atoms with E-state index in [4.69, 9.17) is 9.56 Å². The van der Waals surface area contributed by atoms with Crippen LogP contribution in [0.4, 0.5) is 0 Å². The van der Waals surface area contributed by atoms with Gasteiger partial charge in [-0.15, -0.1) is 0 Å². The van der Waals surface area contributed by atoms with Crippen molar-refractivity contribution >= 4 is 21.8 Å². The van der Waals surface area contributed by atoms with E-state index in [2.05, 4.69) is 10.6 Å². The van der Waals surface area contributed by atoms with Gasteiger partial charge in [-0.25, -0.2) is 13.6 Å². The van der Waals surface area contributed by atoms with Gasteiger partial charge in [0.15, 0.2) is 5.76 Å². The summed E-state index contributed by atoms with van der Waals surface area (Å²) in [6, 6.07) is 8.55. The summed E-state index contributed by atoms with van der Waals surface area (Å²) >= 11 is 0. The lowest BCUT2D eigenvalue weighted by Crippen LogP contribution is -2.37. The van der Waals surface area contributed by atoms with Crippen LogP contribution < -0.4 is 15.8 Å². The molecule has 0 radical (unpaired) electrons. The summed E-state index contributed by atoms with van der Waals surface area (Å²) < 4.78 is 27.3. The maximum Gasteiger partial charge on any atom is 0.287 e. The van der Waals surface area contributed by atoms with Crippen LogP contribution in [0.3, 0.4) is 0 Å². The van der Waals surface area contributed by atoms with Crippen molar-refractivity contribution < 1.29 is 22.4 Å². The van der Waals surface area contributed by atoms with Crippen molar-refractivity contribution in [2.75, 3.05) is 6.54 Å². The maximum atomic E-state index is 11.9. The first-order valence-electron chi connectivity index (χ1n) is 7.01.